The number of carbonyl (C=O) groups is 2. The number of benzene rings is 2. The molecule has 2 fully saturated rings. The largest absolute Gasteiger partial charge is 0.490 e. The molecule has 34 heavy (non-hydrogen) atoms. The first kappa shape index (κ1) is 23.7. The van der Waals surface area contributed by atoms with E-state index in [1.54, 1.807) is 30.3 Å². The maximum absolute atomic E-state index is 13.0. The Hall–Kier alpha value is -3.50. The number of urea groups is 1. The van der Waals surface area contributed by atoms with Crippen molar-refractivity contribution in [1.29, 1.82) is 5.26 Å². The zero-order valence-corrected chi connectivity index (χ0v) is 19.7. The van der Waals surface area contributed by atoms with Crippen molar-refractivity contribution < 1.29 is 19.1 Å². The lowest BCUT2D eigenvalue weighted by Gasteiger charge is -2.28. The lowest BCUT2D eigenvalue weighted by Crippen LogP contribution is -2.41. The quantitative estimate of drug-likeness (QED) is 0.423. The van der Waals surface area contributed by atoms with Crippen LogP contribution in [-0.4, -0.2) is 29.5 Å². The van der Waals surface area contributed by atoms with Crippen LogP contribution >= 0.6 is 11.6 Å². The zero-order valence-electron chi connectivity index (χ0n) is 19.0. The summed E-state index contributed by atoms with van der Waals surface area (Å²) in [6.45, 7) is 2.37. The van der Waals surface area contributed by atoms with Crippen molar-refractivity contribution in [3.8, 4) is 17.6 Å². The fourth-order valence-corrected chi connectivity index (χ4v) is 4.64. The lowest BCUT2D eigenvalue weighted by atomic mass is 9.94. The van der Waals surface area contributed by atoms with Gasteiger partial charge in [0.15, 0.2) is 11.5 Å². The SMILES string of the molecule is CCOc1cc(/C=C2\NC(=O)N(C3CCCCC3)C2=O)cc(Cl)c1OCc1ccccc1C#N. The van der Waals surface area contributed by atoms with E-state index in [0.29, 0.717) is 34.3 Å². The van der Waals surface area contributed by atoms with Gasteiger partial charge >= 0.3 is 6.03 Å². The van der Waals surface area contributed by atoms with E-state index in [0.717, 1.165) is 37.7 Å². The number of amides is 3. The van der Waals surface area contributed by atoms with E-state index in [1.165, 1.54) is 4.90 Å². The van der Waals surface area contributed by atoms with Gasteiger partial charge in [0.2, 0.25) is 0 Å². The van der Waals surface area contributed by atoms with Crippen LogP contribution in [0.2, 0.25) is 5.02 Å². The van der Waals surface area contributed by atoms with E-state index in [2.05, 4.69) is 11.4 Å². The second kappa shape index (κ2) is 10.6. The van der Waals surface area contributed by atoms with Crippen molar-refractivity contribution in [2.75, 3.05) is 6.61 Å². The molecule has 2 aromatic carbocycles. The molecule has 1 saturated heterocycles. The van der Waals surface area contributed by atoms with Crippen LogP contribution in [0.1, 0.15) is 55.7 Å². The first-order valence-corrected chi connectivity index (χ1v) is 11.8. The van der Waals surface area contributed by atoms with E-state index in [4.69, 9.17) is 21.1 Å². The molecule has 2 aromatic rings. The maximum Gasteiger partial charge on any atom is 0.329 e. The highest BCUT2D eigenvalue weighted by molar-refractivity contribution is 6.32. The summed E-state index contributed by atoms with van der Waals surface area (Å²) in [5.74, 6) is 0.445. The highest BCUT2D eigenvalue weighted by Crippen LogP contribution is 2.38. The van der Waals surface area contributed by atoms with Crippen molar-refractivity contribution >= 4 is 29.6 Å². The van der Waals surface area contributed by atoms with Crippen molar-refractivity contribution in [1.82, 2.24) is 10.2 Å². The number of carbonyl (C=O) groups excluding carboxylic acids is 2. The number of nitrogens with one attached hydrogen (secondary N) is 1. The summed E-state index contributed by atoms with van der Waals surface area (Å²) in [5.41, 5.74) is 2.07. The third kappa shape index (κ3) is 5.02. The van der Waals surface area contributed by atoms with Crippen molar-refractivity contribution in [3.05, 3.63) is 63.8 Å². The van der Waals surface area contributed by atoms with Crippen LogP contribution in [0, 0.1) is 11.3 Å². The first-order chi connectivity index (χ1) is 16.5. The Balaban J connectivity index is 1.57. The number of hydrogen-bond donors (Lipinski definition) is 1. The molecule has 0 bridgehead atoms. The molecule has 4 rings (SSSR count). The van der Waals surface area contributed by atoms with Crippen molar-refractivity contribution in [3.63, 3.8) is 0 Å². The van der Waals surface area contributed by atoms with Gasteiger partial charge in [-0.2, -0.15) is 5.26 Å². The van der Waals surface area contributed by atoms with E-state index in [9.17, 15) is 14.9 Å². The zero-order chi connectivity index (χ0) is 24.1. The number of hydrogen-bond acceptors (Lipinski definition) is 5. The Bertz CT molecular complexity index is 1170. The summed E-state index contributed by atoms with van der Waals surface area (Å²) >= 11 is 6.53. The Morgan fingerprint density at radius 2 is 1.94 bits per heavy atom. The molecule has 1 aliphatic carbocycles. The summed E-state index contributed by atoms with van der Waals surface area (Å²) in [7, 11) is 0. The minimum absolute atomic E-state index is 0.0539. The number of nitrogens with zero attached hydrogens (tertiary/aromatic N) is 2. The summed E-state index contributed by atoms with van der Waals surface area (Å²) in [4.78, 5) is 26.8. The third-order valence-corrected chi connectivity index (χ3v) is 6.28. The van der Waals surface area contributed by atoms with Gasteiger partial charge in [0, 0.05) is 11.6 Å². The van der Waals surface area contributed by atoms with Gasteiger partial charge in [-0.3, -0.25) is 9.69 Å². The number of rotatable bonds is 7. The average Bonchev–Trinajstić information content (AvgIpc) is 3.12. The Morgan fingerprint density at radius 1 is 1.18 bits per heavy atom. The second-order valence-corrected chi connectivity index (χ2v) is 8.68. The predicted molar refractivity (Wildman–Crippen MR) is 128 cm³/mol. The van der Waals surface area contributed by atoms with Gasteiger partial charge in [0.05, 0.1) is 23.3 Å². The van der Waals surface area contributed by atoms with Crippen LogP contribution in [0.15, 0.2) is 42.1 Å². The molecule has 1 aliphatic heterocycles. The lowest BCUT2D eigenvalue weighted by molar-refractivity contribution is -0.124. The fourth-order valence-electron chi connectivity index (χ4n) is 4.37. The predicted octanol–water partition coefficient (Wildman–Crippen LogP) is 5.41. The Morgan fingerprint density at radius 3 is 2.68 bits per heavy atom. The number of nitriles is 1. The molecule has 176 valence electrons. The van der Waals surface area contributed by atoms with Gasteiger partial charge in [-0.15, -0.1) is 0 Å². The highest BCUT2D eigenvalue weighted by Gasteiger charge is 2.39. The number of imide groups is 1. The Kier molecular flexibility index (Phi) is 7.39. The highest BCUT2D eigenvalue weighted by atomic mass is 35.5. The first-order valence-electron chi connectivity index (χ1n) is 11.4. The number of halogens is 1. The summed E-state index contributed by atoms with van der Waals surface area (Å²) in [5, 5.41) is 12.3. The van der Waals surface area contributed by atoms with Crippen LogP contribution in [0.4, 0.5) is 4.79 Å². The molecule has 0 aromatic heterocycles. The molecule has 7 nitrogen and oxygen atoms in total. The van der Waals surface area contributed by atoms with Crippen LogP contribution in [-0.2, 0) is 11.4 Å². The molecule has 0 radical (unpaired) electrons. The molecule has 3 amide bonds. The molecule has 2 aliphatic rings. The van der Waals surface area contributed by atoms with Gasteiger partial charge < -0.3 is 14.8 Å². The molecular formula is C26H26ClN3O4. The smallest absolute Gasteiger partial charge is 0.329 e. The molecule has 8 heteroatoms. The van der Waals surface area contributed by atoms with Crippen LogP contribution < -0.4 is 14.8 Å². The summed E-state index contributed by atoms with van der Waals surface area (Å²) in [6, 6.07) is 12.3. The van der Waals surface area contributed by atoms with Crippen LogP contribution in [0.25, 0.3) is 6.08 Å². The van der Waals surface area contributed by atoms with Crippen LogP contribution in [0.3, 0.4) is 0 Å². The van der Waals surface area contributed by atoms with Gasteiger partial charge in [-0.25, -0.2) is 4.79 Å². The normalized spacial score (nSPS) is 17.6. The Labute approximate surface area is 203 Å². The minimum atomic E-state index is -0.379. The van der Waals surface area contributed by atoms with Gasteiger partial charge in [-0.1, -0.05) is 49.1 Å². The van der Waals surface area contributed by atoms with Gasteiger partial charge in [-0.05, 0) is 49.6 Å². The molecular weight excluding hydrogens is 454 g/mol. The summed E-state index contributed by atoms with van der Waals surface area (Å²) in [6.07, 6.45) is 6.47. The fraction of sp³-hybridized carbons (Fsp3) is 0.346. The van der Waals surface area contributed by atoms with Crippen molar-refractivity contribution in [2.45, 2.75) is 51.7 Å². The molecule has 0 atom stereocenters. The van der Waals surface area contributed by atoms with Gasteiger partial charge in [0.1, 0.15) is 12.3 Å². The molecule has 1 saturated carbocycles. The van der Waals surface area contributed by atoms with E-state index >= 15 is 0 Å². The van der Waals surface area contributed by atoms with Gasteiger partial charge in [0.25, 0.3) is 5.91 Å². The third-order valence-electron chi connectivity index (χ3n) is 6.00. The monoisotopic (exact) mass is 479 g/mol. The maximum atomic E-state index is 13.0. The standard InChI is InChI=1S/C26H26ClN3O4/c1-2-33-23-14-17(12-21(27)24(23)34-16-19-9-7-6-8-18(19)15-28)13-22-25(31)30(26(32)29-22)20-10-4-3-5-11-20/h6-9,12-14,20H,2-5,10-11,16H2,1H3,(H,29,32)/b22-13-. The average molecular weight is 480 g/mol. The molecule has 0 unspecified atom stereocenters. The molecule has 0 spiro atoms. The second-order valence-electron chi connectivity index (χ2n) is 8.28. The van der Waals surface area contributed by atoms with E-state index < -0.39 is 0 Å². The van der Waals surface area contributed by atoms with Crippen LogP contribution in [0.5, 0.6) is 11.5 Å². The topological polar surface area (TPSA) is 91.7 Å². The van der Waals surface area contributed by atoms with E-state index in [-0.39, 0.29) is 30.3 Å². The molecule has 1 N–H and O–H groups in total. The molecule has 1 heterocycles. The van der Waals surface area contributed by atoms with Crippen molar-refractivity contribution in [2.24, 2.45) is 0 Å². The number of ether oxygens (including phenoxy) is 2. The minimum Gasteiger partial charge on any atom is -0.490 e. The summed E-state index contributed by atoms with van der Waals surface area (Å²) < 4.78 is 11.7. The van der Waals surface area contributed by atoms with E-state index in [1.807, 2.05) is 19.1 Å².